The summed E-state index contributed by atoms with van der Waals surface area (Å²) < 4.78 is 27.2. The standard InChI is InChI=1S/C13H24O5/c1-5-6-15-7-11(14-4)8-16-9-12-10-17-13(2,3)18-12/h5,11-12H,1,6-10H2,2-4H3. The van der Waals surface area contributed by atoms with Gasteiger partial charge < -0.3 is 23.7 Å². The van der Waals surface area contributed by atoms with Gasteiger partial charge in [0.1, 0.15) is 12.2 Å². The Morgan fingerprint density at radius 3 is 2.67 bits per heavy atom. The average Bonchev–Trinajstić information content (AvgIpc) is 2.67. The van der Waals surface area contributed by atoms with Gasteiger partial charge in [-0.3, -0.25) is 0 Å². The van der Waals surface area contributed by atoms with Gasteiger partial charge in [0.05, 0.1) is 33.0 Å². The molecule has 0 aromatic carbocycles. The molecule has 0 amide bonds. The van der Waals surface area contributed by atoms with Crippen molar-refractivity contribution in [2.24, 2.45) is 0 Å². The molecule has 5 nitrogen and oxygen atoms in total. The molecule has 0 radical (unpaired) electrons. The Kier molecular flexibility index (Phi) is 6.81. The summed E-state index contributed by atoms with van der Waals surface area (Å²) in [4.78, 5) is 0. The van der Waals surface area contributed by atoms with E-state index in [4.69, 9.17) is 23.7 Å². The van der Waals surface area contributed by atoms with Crippen LogP contribution < -0.4 is 0 Å². The van der Waals surface area contributed by atoms with Gasteiger partial charge >= 0.3 is 0 Å². The summed E-state index contributed by atoms with van der Waals surface area (Å²) in [5, 5.41) is 0. The zero-order valence-electron chi connectivity index (χ0n) is 11.5. The highest BCUT2D eigenvalue weighted by Crippen LogP contribution is 2.22. The van der Waals surface area contributed by atoms with Crippen molar-refractivity contribution in [2.45, 2.75) is 31.8 Å². The van der Waals surface area contributed by atoms with E-state index in [9.17, 15) is 0 Å². The van der Waals surface area contributed by atoms with Crippen LogP contribution in [0.1, 0.15) is 13.8 Å². The van der Waals surface area contributed by atoms with Gasteiger partial charge in [-0.05, 0) is 13.8 Å². The molecule has 0 aliphatic carbocycles. The van der Waals surface area contributed by atoms with E-state index in [0.717, 1.165) is 0 Å². The normalized spacial score (nSPS) is 24.1. The maximum Gasteiger partial charge on any atom is 0.163 e. The van der Waals surface area contributed by atoms with E-state index in [-0.39, 0.29) is 12.2 Å². The SMILES string of the molecule is C=CCOCC(COCC1COC(C)(C)O1)OC. The Morgan fingerprint density at radius 2 is 2.11 bits per heavy atom. The minimum Gasteiger partial charge on any atom is -0.377 e. The van der Waals surface area contributed by atoms with Crippen LogP contribution in [0.15, 0.2) is 12.7 Å². The maximum absolute atomic E-state index is 5.63. The third kappa shape index (κ3) is 5.93. The summed E-state index contributed by atoms with van der Waals surface area (Å²) in [6.07, 6.45) is 1.63. The molecule has 0 aromatic rings. The van der Waals surface area contributed by atoms with Gasteiger partial charge in [0.2, 0.25) is 0 Å². The molecule has 2 atom stereocenters. The van der Waals surface area contributed by atoms with Crippen LogP contribution in [0.4, 0.5) is 0 Å². The Labute approximate surface area is 109 Å². The van der Waals surface area contributed by atoms with Crippen molar-refractivity contribution in [3.05, 3.63) is 12.7 Å². The lowest BCUT2D eigenvalue weighted by atomic mass is 10.4. The summed E-state index contributed by atoms with van der Waals surface area (Å²) in [6, 6.07) is 0. The number of hydrogen-bond donors (Lipinski definition) is 0. The topological polar surface area (TPSA) is 46.2 Å². The van der Waals surface area contributed by atoms with Crippen LogP contribution in [0.3, 0.4) is 0 Å². The van der Waals surface area contributed by atoms with E-state index < -0.39 is 5.79 Å². The molecule has 0 bridgehead atoms. The van der Waals surface area contributed by atoms with Crippen LogP contribution in [0.25, 0.3) is 0 Å². The Bertz CT molecular complexity index is 242. The predicted molar refractivity (Wildman–Crippen MR) is 67.5 cm³/mol. The second-order valence-electron chi connectivity index (χ2n) is 4.67. The molecular weight excluding hydrogens is 236 g/mol. The molecule has 106 valence electrons. The first-order valence-corrected chi connectivity index (χ1v) is 6.18. The Hall–Kier alpha value is -0.460. The van der Waals surface area contributed by atoms with Crippen LogP contribution in [0, 0.1) is 0 Å². The largest absolute Gasteiger partial charge is 0.377 e. The van der Waals surface area contributed by atoms with Crippen LogP contribution in [0.2, 0.25) is 0 Å². The highest BCUT2D eigenvalue weighted by molar-refractivity contribution is 4.70. The number of methoxy groups -OCH3 is 1. The zero-order valence-corrected chi connectivity index (χ0v) is 11.5. The van der Waals surface area contributed by atoms with Crippen molar-refractivity contribution in [3.8, 4) is 0 Å². The average molecular weight is 260 g/mol. The minimum atomic E-state index is -0.498. The molecule has 5 heteroatoms. The fourth-order valence-electron chi connectivity index (χ4n) is 1.64. The van der Waals surface area contributed by atoms with E-state index >= 15 is 0 Å². The molecule has 0 spiro atoms. The van der Waals surface area contributed by atoms with E-state index in [1.54, 1.807) is 13.2 Å². The van der Waals surface area contributed by atoms with E-state index in [0.29, 0.717) is 33.0 Å². The van der Waals surface area contributed by atoms with Crippen molar-refractivity contribution in [3.63, 3.8) is 0 Å². The first-order valence-electron chi connectivity index (χ1n) is 6.18. The summed E-state index contributed by atoms with van der Waals surface area (Å²) >= 11 is 0. The first kappa shape index (κ1) is 15.6. The van der Waals surface area contributed by atoms with Crippen molar-refractivity contribution >= 4 is 0 Å². The lowest BCUT2D eigenvalue weighted by Gasteiger charge is -2.18. The van der Waals surface area contributed by atoms with Crippen LogP contribution >= 0.6 is 0 Å². The molecule has 1 saturated heterocycles. The Morgan fingerprint density at radius 1 is 1.39 bits per heavy atom. The van der Waals surface area contributed by atoms with Crippen LogP contribution in [-0.4, -0.2) is 58.1 Å². The predicted octanol–water partition coefficient (Wildman–Crippen LogP) is 1.37. The van der Waals surface area contributed by atoms with Gasteiger partial charge in [-0.15, -0.1) is 6.58 Å². The maximum atomic E-state index is 5.63. The molecule has 1 aliphatic heterocycles. The van der Waals surface area contributed by atoms with Crippen molar-refractivity contribution in [2.75, 3.05) is 40.1 Å². The first-order chi connectivity index (χ1) is 8.57. The van der Waals surface area contributed by atoms with E-state index in [2.05, 4.69) is 6.58 Å². The van der Waals surface area contributed by atoms with Gasteiger partial charge in [-0.1, -0.05) is 6.08 Å². The second kappa shape index (κ2) is 7.86. The minimum absolute atomic E-state index is 0.00778. The van der Waals surface area contributed by atoms with Gasteiger partial charge in [-0.2, -0.15) is 0 Å². The van der Waals surface area contributed by atoms with Crippen LogP contribution in [-0.2, 0) is 23.7 Å². The smallest absolute Gasteiger partial charge is 0.163 e. The van der Waals surface area contributed by atoms with Crippen molar-refractivity contribution in [1.29, 1.82) is 0 Å². The molecule has 1 fully saturated rings. The number of hydrogen-bond acceptors (Lipinski definition) is 5. The fraction of sp³-hybridized carbons (Fsp3) is 0.846. The lowest BCUT2D eigenvalue weighted by Crippen LogP contribution is -2.28. The van der Waals surface area contributed by atoms with Gasteiger partial charge in [-0.25, -0.2) is 0 Å². The lowest BCUT2D eigenvalue weighted by molar-refractivity contribution is -0.147. The highest BCUT2D eigenvalue weighted by atomic mass is 16.7. The van der Waals surface area contributed by atoms with E-state index in [1.165, 1.54) is 0 Å². The quantitative estimate of drug-likeness (QED) is 0.463. The molecule has 0 saturated carbocycles. The molecule has 1 rings (SSSR count). The van der Waals surface area contributed by atoms with E-state index in [1.807, 2.05) is 13.8 Å². The van der Waals surface area contributed by atoms with Gasteiger partial charge in [0.15, 0.2) is 5.79 Å². The van der Waals surface area contributed by atoms with Crippen molar-refractivity contribution < 1.29 is 23.7 Å². The second-order valence-corrected chi connectivity index (χ2v) is 4.67. The summed E-state index contributed by atoms with van der Waals surface area (Å²) in [5.41, 5.74) is 0. The summed E-state index contributed by atoms with van der Waals surface area (Å²) in [5.74, 6) is -0.498. The molecule has 2 unspecified atom stereocenters. The Balaban J connectivity index is 2.10. The van der Waals surface area contributed by atoms with Crippen LogP contribution in [0.5, 0.6) is 0 Å². The fourth-order valence-corrected chi connectivity index (χ4v) is 1.64. The molecule has 0 aromatic heterocycles. The summed E-state index contributed by atoms with van der Waals surface area (Å²) in [7, 11) is 1.64. The van der Waals surface area contributed by atoms with Gasteiger partial charge in [0.25, 0.3) is 0 Å². The monoisotopic (exact) mass is 260 g/mol. The zero-order chi connectivity index (χ0) is 13.4. The molecule has 1 heterocycles. The number of ether oxygens (including phenoxy) is 5. The number of rotatable bonds is 9. The third-order valence-electron chi connectivity index (χ3n) is 2.55. The van der Waals surface area contributed by atoms with Gasteiger partial charge in [0, 0.05) is 7.11 Å². The van der Waals surface area contributed by atoms with Crippen molar-refractivity contribution in [1.82, 2.24) is 0 Å². The third-order valence-corrected chi connectivity index (χ3v) is 2.55. The molecule has 1 aliphatic rings. The molecular formula is C13H24O5. The summed E-state index contributed by atoms with van der Waals surface area (Å²) in [6.45, 7) is 9.95. The highest BCUT2D eigenvalue weighted by Gasteiger charge is 2.32. The molecule has 0 N–H and O–H groups in total. The molecule has 18 heavy (non-hydrogen) atoms.